The molecule has 2 heterocycles. The molecule has 0 spiro atoms. The molecule has 0 bridgehead atoms. The van der Waals surface area contributed by atoms with Crippen LogP contribution in [-0.4, -0.2) is 57.7 Å². The van der Waals surface area contributed by atoms with Crippen LogP contribution in [0.3, 0.4) is 0 Å². The minimum absolute atomic E-state index is 0.0453. The van der Waals surface area contributed by atoms with E-state index < -0.39 is 5.60 Å². The lowest BCUT2D eigenvalue weighted by atomic mass is 9.99. The molecule has 1 aromatic carbocycles. The fraction of sp³-hybridized carbons (Fsp3) is 0.458. The first kappa shape index (κ1) is 30.9. The molecule has 1 N–H and O–H groups in total. The van der Waals surface area contributed by atoms with Gasteiger partial charge in [-0.1, -0.05) is 6.07 Å². The second kappa shape index (κ2) is 14.5. The Hall–Kier alpha value is -1.37. The number of carbonyl (C=O) groups excluding carboxylic acids is 3. The second-order valence-electron chi connectivity index (χ2n) is 9.09. The molecule has 0 saturated carbocycles. The van der Waals surface area contributed by atoms with E-state index in [0.717, 1.165) is 12.8 Å². The number of Topliss-reactive ketones (excluding diaryl/α,β-unsaturated/α-hetero) is 1. The highest BCUT2D eigenvalue weighted by molar-refractivity contribution is 9.69. The van der Waals surface area contributed by atoms with Crippen LogP contribution in [0.25, 0.3) is 0 Å². The number of halogens is 3. The zero-order valence-corrected chi connectivity index (χ0v) is 26.3. The Bertz CT molecular complexity index is 1030. The van der Waals surface area contributed by atoms with E-state index in [9.17, 15) is 14.4 Å². The number of benzene rings is 1. The first-order valence-corrected chi connectivity index (χ1v) is 15.0. The molecule has 1 aliphatic heterocycles. The van der Waals surface area contributed by atoms with E-state index in [-0.39, 0.29) is 33.4 Å². The van der Waals surface area contributed by atoms with E-state index in [0.29, 0.717) is 34.8 Å². The SMILES string of the molecule is BrB(Br)Br.COc1ccc(C(=O)NC2CCCN(C(=O)OC(C)(C)C)C2)c(CC(=O)c2cccs2)c1. The van der Waals surface area contributed by atoms with Gasteiger partial charge in [0.05, 0.1) is 12.0 Å². The van der Waals surface area contributed by atoms with Crippen molar-refractivity contribution in [3.63, 3.8) is 0 Å². The van der Waals surface area contributed by atoms with Crippen LogP contribution in [0, 0.1) is 0 Å². The molecule has 12 heteroatoms. The van der Waals surface area contributed by atoms with Gasteiger partial charge in [0, 0.05) is 31.1 Å². The monoisotopic (exact) mass is 706 g/mol. The number of methoxy groups -OCH3 is 1. The van der Waals surface area contributed by atoms with E-state index in [1.54, 1.807) is 36.3 Å². The predicted molar refractivity (Wildman–Crippen MR) is 156 cm³/mol. The second-order valence-corrected chi connectivity index (χ2v) is 16.5. The molecule has 1 saturated heterocycles. The minimum atomic E-state index is -0.569. The fourth-order valence-electron chi connectivity index (χ4n) is 3.61. The number of ketones is 1. The topological polar surface area (TPSA) is 84.9 Å². The summed E-state index contributed by atoms with van der Waals surface area (Å²) in [5, 5.41) is 4.88. The molecule has 1 atom stereocenters. The van der Waals surface area contributed by atoms with Crippen molar-refractivity contribution < 1.29 is 23.9 Å². The highest BCUT2D eigenvalue weighted by Gasteiger charge is 2.29. The number of carbonyl (C=O) groups is 3. The largest absolute Gasteiger partial charge is 0.497 e. The first-order chi connectivity index (χ1) is 16.9. The van der Waals surface area contributed by atoms with Crippen molar-refractivity contribution in [2.24, 2.45) is 0 Å². The summed E-state index contributed by atoms with van der Waals surface area (Å²) in [6.07, 6.45) is 1.28. The number of piperidine rings is 1. The number of amides is 2. The van der Waals surface area contributed by atoms with Gasteiger partial charge in [0.25, 0.3) is 5.91 Å². The summed E-state index contributed by atoms with van der Waals surface area (Å²) >= 11 is 10.7. The van der Waals surface area contributed by atoms with E-state index >= 15 is 0 Å². The Morgan fingerprint density at radius 2 is 1.89 bits per heavy atom. The molecule has 196 valence electrons. The zero-order valence-electron chi connectivity index (χ0n) is 20.7. The van der Waals surface area contributed by atoms with Crippen LogP contribution in [0.15, 0.2) is 35.7 Å². The molecule has 1 aromatic heterocycles. The molecule has 0 radical (unpaired) electrons. The number of rotatable bonds is 6. The van der Waals surface area contributed by atoms with Crippen LogP contribution in [0.2, 0.25) is 0 Å². The van der Waals surface area contributed by atoms with Gasteiger partial charge in [-0.3, -0.25) is 9.59 Å². The summed E-state index contributed by atoms with van der Waals surface area (Å²) in [6, 6.07) is 8.54. The van der Waals surface area contributed by atoms with Crippen molar-refractivity contribution in [2.45, 2.75) is 51.7 Å². The summed E-state index contributed by atoms with van der Waals surface area (Å²) < 4.78 is 11.0. The summed E-state index contributed by atoms with van der Waals surface area (Å²) in [5.41, 5.74) is 0.477. The molecule has 1 aliphatic rings. The van der Waals surface area contributed by atoms with Crippen LogP contribution < -0.4 is 10.1 Å². The van der Waals surface area contributed by atoms with Gasteiger partial charge < -0.3 is 19.7 Å². The van der Waals surface area contributed by atoms with Crippen molar-refractivity contribution in [3.8, 4) is 5.75 Å². The first-order valence-electron chi connectivity index (χ1n) is 11.3. The Morgan fingerprint density at radius 1 is 1.19 bits per heavy atom. The lowest BCUT2D eigenvalue weighted by Gasteiger charge is -2.34. The average molecular weight is 709 g/mol. The van der Waals surface area contributed by atoms with Crippen molar-refractivity contribution in [1.29, 1.82) is 0 Å². The normalized spacial score (nSPS) is 15.3. The van der Waals surface area contributed by atoms with E-state index in [2.05, 4.69) is 52.6 Å². The summed E-state index contributed by atoms with van der Waals surface area (Å²) in [5.74, 6) is 0.276. The molecule has 1 unspecified atom stereocenters. The molecule has 7 nitrogen and oxygen atoms in total. The van der Waals surface area contributed by atoms with Gasteiger partial charge >= 0.3 is 9.28 Å². The summed E-state index contributed by atoms with van der Waals surface area (Å²) in [6.45, 7) is 6.48. The Morgan fingerprint density at radius 3 is 2.47 bits per heavy atom. The van der Waals surface area contributed by atoms with E-state index in [1.165, 1.54) is 11.3 Å². The fourth-order valence-corrected chi connectivity index (χ4v) is 4.28. The van der Waals surface area contributed by atoms with Crippen molar-refractivity contribution >= 4 is 79.6 Å². The van der Waals surface area contributed by atoms with Crippen LogP contribution >= 0.6 is 58.6 Å². The van der Waals surface area contributed by atoms with Crippen molar-refractivity contribution in [3.05, 3.63) is 51.7 Å². The molecular weight excluding hydrogens is 679 g/mol. The highest BCUT2D eigenvalue weighted by atomic mass is 79.9. The average Bonchev–Trinajstić information content (AvgIpc) is 3.33. The maximum absolute atomic E-state index is 13.1. The maximum Gasteiger partial charge on any atom is 0.410 e. The van der Waals surface area contributed by atoms with Crippen LogP contribution in [-0.2, 0) is 11.2 Å². The molecule has 2 amide bonds. The van der Waals surface area contributed by atoms with Gasteiger partial charge in [-0.25, -0.2) is 4.79 Å². The molecule has 3 rings (SSSR count). The Kier molecular flexibility index (Phi) is 12.5. The lowest BCUT2D eigenvalue weighted by Crippen LogP contribution is -2.50. The number of hydrogen-bond acceptors (Lipinski definition) is 6. The standard InChI is InChI=1S/C24H30N2O5S.BBr3/c1-24(2,3)31-23(29)26-11-5-7-17(15-26)25-22(28)19-10-9-18(30-4)13-16(19)14-20(27)21-8-6-12-32-21;2-1(3)4/h6,8-10,12-13,17H,5,7,11,14-15H2,1-4H3,(H,25,28);. The maximum atomic E-state index is 13.1. The zero-order chi connectivity index (χ0) is 26.9. The molecular formula is C24H30BBr3N2O5S. The molecule has 36 heavy (non-hydrogen) atoms. The molecule has 2 aromatic rings. The quantitative estimate of drug-likeness (QED) is 0.275. The van der Waals surface area contributed by atoms with E-state index in [4.69, 9.17) is 9.47 Å². The van der Waals surface area contributed by atoms with Crippen LogP contribution in [0.4, 0.5) is 4.79 Å². The predicted octanol–water partition coefficient (Wildman–Crippen LogP) is 6.47. The van der Waals surface area contributed by atoms with Crippen molar-refractivity contribution in [1.82, 2.24) is 10.2 Å². The summed E-state index contributed by atoms with van der Waals surface area (Å²) in [4.78, 5) is 40.5. The van der Waals surface area contributed by atoms with E-state index in [1.807, 2.05) is 32.2 Å². The van der Waals surface area contributed by atoms with Crippen LogP contribution in [0.5, 0.6) is 5.75 Å². The van der Waals surface area contributed by atoms with Crippen LogP contribution in [0.1, 0.15) is 59.2 Å². The molecule has 1 fully saturated rings. The van der Waals surface area contributed by atoms with Gasteiger partial charge in [-0.15, -0.1) is 58.6 Å². The number of ether oxygens (including phenoxy) is 2. The Labute approximate surface area is 241 Å². The third-order valence-corrected chi connectivity index (χ3v) is 6.02. The number of hydrogen-bond donors (Lipinski definition) is 1. The third-order valence-electron chi connectivity index (χ3n) is 5.11. The number of likely N-dealkylation sites (tertiary alicyclic amines) is 1. The van der Waals surface area contributed by atoms with Gasteiger partial charge in [0.2, 0.25) is 0 Å². The highest BCUT2D eigenvalue weighted by Crippen LogP contribution is 2.22. The lowest BCUT2D eigenvalue weighted by molar-refractivity contribution is 0.0185. The third kappa shape index (κ3) is 10.6. The Balaban J connectivity index is 0.00000106. The number of thiophene rings is 1. The van der Waals surface area contributed by atoms with Gasteiger partial charge in [-0.2, -0.15) is 0 Å². The minimum Gasteiger partial charge on any atom is -0.497 e. The van der Waals surface area contributed by atoms with Gasteiger partial charge in [-0.05, 0) is 68.8 Å². The van der Waals surface area contributed by atoms with Gasteiger partial charge in [0.1, 0.15) is 11.4 Å². The smallest absolute Gasteiger partial charge is 0.410 e. The molecule has 0 aliphatic carbocycles. The number of nitrogens with zero attached hydrogens (tertiary/aromatic N) is 1. The van der Waals surface area contributed by atoms with Crippen molar-refractivity contribution in [2.75, 3.05) is 20.2 Å². The summed E-state index contributed by atoms with van der Waals surface area (Å²) in [7, 11) is 1.55. The van der Waals surface area contributed by atoms with Gasteiger partial charge in [0.15, 0.2) is 5.78 Å². The number of nitrogens with one attached hydrogen (secondary N) is 1.